The number of hydrogen-bond donors (Lipinski definition) is 0. The van der Waals surface area contributed by atoms with Gasteiger partial charge < -0.3 is 0 Å². The monoisotopic (exact) mass is 366 g/mol. The van der Waals surface area contributed by atoms with Crippen LogP contribution >= 0.6 is 27.5 Å². The van der Waals surface area contributed by atoms with Crippen LogP contribution in [0.25, 0.3) is 32.7 Å². The second-order valence-corrected chi connectivity index (χ2v) is 6.70. The van der Waals surface area contributed by atoms with Crippen LogP contribution in [0.3, 0.4) is 0 Å². The first-order valence-corrected chi connectivity index (χ1v) is 8.26. The lowest BCUT2D eigenvalue weighted by Crippen LogP contribution is -1.85. The SMILES string of the molecule is Clc1cc(Br)cc(-c2cc3ccccc3c3ccccc23)c1. The minimum atomic E-state index is 0.738. The second-order valence-electron chi connectivity index (χ2n) is 5.35. The van der Waals surface area contributed by atoms with Crippen molar-refractivity contribution in [1.82, 2.24) is 0 Å². The van der Waals surface area contributed by atoms with Crippen LogP contribution in [0.15, 0.2) is 77.3 Å². The second kappa shape index (κ2) is 5.42. The lowest BCUT2D eigenvalue weighted by molar-refractivity contribution is 1.62. The van der Waals surface area contributed by atoms with Gasteiger partial charge in [0.2, 0.25) is 0 Å². The van der Waals surface area contributed by atoms with E-state index in [2.05, 4.69) is 76.6 Å². The van der Waals surface area contributed by atoms with Crippen LogP contribution in [0.5, 0.6) is 0 Å². The molecule has 0 N–H and O–H groups in total. The summed E-state index contributed by atoms with van der Waals surface area (Å²) in [7, 11) is 0. The van der Waals surface area contributed by atoms with E-state index in [-0.39, 0.29) is 0 Å². The largest absolute Gasteiger partial charge is 0.0843 e. The third-order valence-electron chi connectivity index (χ3n) is 3.94. The first-order valence-electron chi connectivity index (χ1n) is 7.09. The van der Waals surface area contributed by atoms with E-state index in [0.717, 1.165) is 15.1 Å². The molecule has 0 fully saturated rings. The molecule has 106 valence electrons. The molecule has 0 saturated carbocycles. The predicted molar refractivity (Wildman–Crippen MR) is 99.6 cm³/mol. The zero-order valence-electron chi connectivity index (χ0n) is 11.7. The molecule has 4 aromatic rings. The van der Waals surface area contributed by atoms with Gasteiger partial charge >= 0.3 is 0 Å². The fraction of sp³-hybridized carbons (Fsp3) is 0. The van der Waals surface area contributed by atoms with Crippen molar-refractivity contribution in [3.8, 4) is 11.1 Å². The van der Waals surface area contributed by atoms with Gasteiger partial charge in [-0.1, -0.05) is 76.1 Å². The minimum Gasteiger partial charge on any atom is -0.0843 e. The van der Waals surface area contributed by atoms with Crippen molar-refractivity contribution in [2.24, 2.45) is 0 Å². The Kier molecular flexibility index (Phi) is 3.40. The molecule has 4 aromatic carbocycles. The maximum atomic E-state index is 6.24. The molecule has 0 aliphatic carbocycles. The van der Waals surface area contributed by atoms with Gasteiger partial charge in [0.1, 0.15) is 0 Å². The third-order valence-corrected chi connectivity index (χ3v) is 4.62. The summed E-state index contributed by atoms with van der Waals surface area (Å²) < 4.78 is 0.993. The number of benzene rings is 4. The van der Waals surface area contributed by atoms with Gasteiger partial charge in [0, 0.05) is 9.50 Å². The molecule has 0 aromatic heterocycles. The lowest BCUT2D eigenvalue weighted by Gasteiger charge is -2.11. The first kappa shape index (κ1) is 13.8. The Balaban J connectivity index is 2.15. The summed E-state index contributed by atoms with van der Waals surface area (Å²) in [5, 5.41) is 5.78. The van der Waals surface area contributed by atoms with Gasteiger partial charge in [-0.2, -0.15) is 0 Å². The summed E-state index contributed by atoms with van der Waals surface area (Å²) in [4.78, 5) is 0. The van der Waals surface area contributed by atoms with Crippen LogP contribution in [-0.2, 0) is 0 Å². The maximum absolute atomic E-state index is 6.24. The van der Waals surface area contributed by atoms with E-state index in [4.69, 9.17) is 11.6 Å². The number of fused-ring (bicyclic) bond motifs is 3. The van der Waals surface area contributed by atoms with Crippen molar-refractivity contribution in [2.75, 3.05) is 0 Å². The van der Waals surface area contributed by atoms with E-state index in [1.54, 1.807) is 0 Å². The molecule has 0 aliphatic heterocycles. The van der Waals surface area contributed by atoms with Crippen LogP contribution in [0.2, 0.25) is 5.02 Å². The van der Waals surface area contributed by atoms with Crippen LogP contribution in [0.4, 0.5) is 0 Å². The van der Waals surface area contributed by atoms with Crippen molar-refractivity contribution < 1.29 is 0 Å². The molecule has 2 heteroatoms. The highest BCUT2D eigenvalue weighted by Gasteiger charge is 2.09. The molecular formula is C20H12BrCl. The summed E-state index contributed by atoms with van der Waals surface area (Å²) in [5.41, 5.74) is 2.33. The average molecular weight is 368 g/mol. The van der Waals surface area contributed by atoms with E-state index < -0.39 is 0 Å². The average Bonchev–Trinajstić information content (AvgIpc) is 2.53. The number of hydrogen-bond acceptors (Lipinski definition) is 0. The number of rotatable bonds is 1. The molecule has 22 heavy (non-hydrogen) atoms. The fourth-order valence-electron chi connectivity index (χ4n) is 3.00. The molecule has 0 unspecified atom stereocenters. The summed E-state index contributed by atoms with van der Waals surface area (Å²) in [6, 6.07) is 25.3. The van der Waals surface area contributed by atoms with Gasteiger partial charge in [-0.25, -0.2) is 0 Å². The Bertz CT molecular complexity index is 985. The molecule has 0 heterocycles. The fourth-order valence-corrected chi connectivity index (χ4v) is 3.86. The van der Waals surface area contributed by atoms with E-state index >= 15 is 0 Å². The molecule has 0 radical (unpaired) electrons. The quantitative estimate of drug-likeness (QED) is 0.315. The maximum Gasteiger partial charge on any atom is 0.0423 e. The Labute approximate surface area is 142 Å². The Morgan fingerprint density at radius 1 is 0.682 bits per heavy atom. The predicted octanol–water partition coefficient (Wildman–Crippen LogP) is 7.08. The normalized spacial score (nSPS) is 11.2. The van der Waals surface area contributed by atoms with E-state index in [1.165, 1.54) is 27.1 Å². The van der Waals surface area contributed by atoms with Crippen LogP contribution in [0.1, 0.15) is 0 Å². The summed E-state index contributed by atoms with van der Waals surface area (Å²) >= 11 is 9.78. The van der Waals surface area contributed by atoms with Crippen molar-refractivity contribution >= 4 is 49.1 Å². The highest BCUT2D eigenvalue weighted by atomic mass is 79.9. The summed E-state index contributed by atoms with van der Waals surface area (Å²) in [6.07, 6.45) is 0. The molecule has 0 aliphatic rings. The molecule has 0 spiro atoms. The molecule has 0 saturated heterocycles. The zero-order chi connectivity index (χ0) is 15.1. The molecule has 4 rings (SSSR count). The summed E-state index contributed by atoms with van der Waals surface area (Å²) in [6.45, 7) is 0. The van der Waals surface area contributed by atoms with Crippen LogP contribution in [0, 0.1) is 0 Å². The topological polar surface area (TPSA) is 0 Å². The Morgan fingerprint density at radius 3 is 2.14 bits per heavy atom. The Hall–Kier alpha value is -1.83. The molecule has 0 atom stereocenters. The van der Waals surface area contributed by atoms with Crippen molar-refractivity contribution in [1.29, 1.82) is 0 Å². The molecule has 0 amide bonds. The van der Waals surface area contributed by atoms with Crippen LogP contribution < -0.4 is 0 Å². The highest BCUT2D eigenvalue weighted by Crippen LogP contribution is 2.36. The van der Waals surface area contributed by atoms with Gasteiger partial charge in [-0.3, -0.25) is 0 Å². The van der Waals surface area contributed by atoms with E-state index in [0.29, 0.717) is 0 Å². The third kappa shape index (κ3) is 2.31. The molecule has 0 bridgehead atoms. The zero-order valence-corrected chi connectivity index (χ0v) is 14.0. The first-order chi connectivity index (χ1) is 10.7. The molecular weight excluding hydrogens is 356 g/mol. The van der Waals surface area contributed by atoms with Gasteiger partial charge in [-0.15, -0.1) is 0 Å². The summed E-state index contributed by atoms with van der Waals surface area (Å²) in [5.74, 6) is 0. The van der Waals surface area contributed by atoms with Crippen molar-refractivity contribution in [3.63, 3.8) is 0 Å². The lowest BCUT2D eigenvalue weighted by atomic mass is 9.93. The van der Waals surface area contributed by atoms with Crippen molar-refractivity contribution in [3.05, 3.63) is 82.3 Å². The smallest absolute Gasteiger partial charge is 0.0423 e. The van der Waals surface area contributed by atoms with Gasteiger partial charge in [0.15, 0.2) is 0 Å². The Morgan fingerprint density at radius 2 is 1.36 bits per heavy atom. The standard InChI is InChI=1S/C20H12BrCl/c21-15-9-14(10-16(22)12-15)20-11-13-5-1-2-6-17(13)18-7-3-4-8-19(18)20/h1-12H. The van der Waals surface area contributed by atoms with Gasteiger partial charge in [0.25, 0.3) is 0 Å². The van der Waals surface area contributed by atoms with Gasteiger partial charge in [0.05, 0.1) is 0 Å². The highest BCUT2D eigenvalue weighted by molar-refractivity contribution is 9.10. The minimum absolute atomic E-state index is 0.738. The van der Waals surface area contributed by atoms with E-state index in [9.17, 15) is 0 Å². The van der Waals surface area contributed by atoms with E-state index in [1.807, 2.05) is 12.1 Å². The van der Waals surface area contributed by atoms with Gasteiger partial charge in [-0.05, 0) is 56.9 Å². The van der Waals surface area contributed by atoms with Crippen LogP contribution in [-0.4, -0.2) is 0 Å². The molecule has 0 nitrogen and oxygen atoms in total. The van der Waals surface area contributed by atoms with Crippen molar-refractivity contribution in [2.45, 2.75) is 0 Å². The number of halogens is 2.